The van der Waals surface area contributed by atoms with E-state index in [1.165, 1.54) is 18.1 Å². The van der Waals surface area contributed by atoms with Gasteiger partial charge < -0.3 is 4.74 Å². The minimum absolute atomic E-state index is 0.0598. The van der Waals surface area contributed by atoms with Crippen LogP contribution in [0.1, 0.15) is 63.4 Å². The Morgan fingerprint density at radius 3 is 2.17 bits per heavy atom. The van der Waals surface area contributed by atoms with Gasteiger partial charge in [0.25, 0.3) is 0 Å². The highest BCUT2D eigenvalue weighted by atomic mass is 32.2. The summed E-state index contributed by atoms with van der Waals surface area (Å²) < 4.78 is 34.2. The first-order chi connectivity index (χ1) is 14.4. The standard InChI is InChI=1S/C22H30N2O5S/c1-29-19-12-11-15(13-20(19)30(27,28)23-16-7-3-2-4-8-16)14-24-21(25)17-9-5-6-10-18(17)22(24)26/h11-13,16-18,23H,2-10,14H2,1H3/t17-,18-/m1/s1. The summed E-state index contributed by atoms with van der Waals surface area (Å²) in [5.74, 6) is -0.397. The summed E-state index contributed by atoms with van der Waals surface area (Å²) >= 11 is 0. The zero-order valence-electron chi connectivity index (χ0n) is 17.4. The first kappa shape index (κ1) is 21.3. The summed E-state index contributed by atoms with van der Waals surface area (Å²) in [6.07, 6.45) is 8.33. The number of ether oxygens (including phenoxy) is 1. The highest BCUT2D eigenvalue weighted by Gasteiger charge is 2.47. The number of carbonyl (C=O) groups is 2. The predicted octanol–water partition coefficient (Wildman–Crippen LogP) is 2.98. The SMILES string of the molecule is COc1ccc(CN2C(=O)[C@@H]3CCCC[C@H]3C2=O)cc1S(=O)(=O)NC1CCCCC1. The van der Waals surface area contributed by atoms with Crippen LogP contribution in [-0.4, -0.2) is 38.3 Å². The molecule has 7 nitrogen and oxygen atoms in total. The lowest BCUT2D eigenvalue weighted by Gasteiger charge is -2.23. The Bertz CT molecular complexity index is 899. The van der Waals surface area contributed by atoms with Gasteiger partial charge in [-0.15, -0.1) is 0 Å². The van der Waals surface area contributed by atoms with Gasteiger partial charge in [-0.25, -0.2) is 13.1 Å². The van der Waals surface area contributed by atoms with Crippen molar-refractivity contribution >= 4 is 21.8 Å². The predicted molar refractivity (Wildman–Crippen MR) is 111 cm³/mol. The minimum Gasteiger partial charge on any atom is -0.495 e. The summed E-state index contributed by atoms with van der Waals surface area (Å²) in [6.45, 7) is 0.0978. The number of hydrogen-bond donors (Lipinski definition) is 1. The summed E-state index contributed by atoms with van der Waals surface area (Å²) in [7, 11) is -2.33. The van der Waals surface area contributed by atoms with Crippen molar-refractivity contribution in [2.75, 3.05) is 7.11 Å². The number of likely N-dealkylation sites (tertiary alicyclic amines) is 1. The molecule has 0 aromatic heterocycles. The molecule has 4 rings (SSSR count). The van der Waals surface area contributed by atoms with Gasteiger partial charge in [0.05, 0.1) is 25.5 Å². The van der Waals surface area contributed by atoms with Gasteiger partial charge in [-0.1, -0.05) is 38.2 Å². The van der Waals surface area contributed by atoms with Crippen LogP contribution in [0.4, 0.5) is 0 Å². The van der Waals surface area contributed by atoms with Gasteiger partial charge in [0.15, 0.2) is 0 Å². The van der Waals surface area contributed by atoms with Crippen LogP contribution in [0.15, 0.2) is 23.1 Å². The average Bonchev–Trinajstić information content (AvgIpc) is 2.99. The number of methoxy groups -OCH3 is 1. The fraction of sp³-hybridized carbons (Fsp3) is 0.636. The number of carbonyl (C=O) groups excluding carboxylic acids is 2. The molecule has 0 unspecified atom stereocenters. The fourth-order valence-corrected chi connectivity index (χ4v) is 6.63. The molecule has 8 heteroatoms. The van der Waals surface area contributed by atoms with Crippen LogP contribution in [0.25, 0.3) is 0 Å². The number of imide groups is 1. The Kier molecular flexibility index (Phi) is 6.16. The van der Waals surface area contributed by atoms with E-state index in [9.17, 15) is 18.0 Å². The van der Waals surface area contributed by atoms with E-state index in [0.717, 1.165) is 57.8 Å². The second-order valence-electron chi connectivity index (χ2n) is 8.70. The molecular formula is C22H30N2O5S. The summed E-state index contributed by atoms with van der Waals surface area (Å²) in [6, 6.07) is 4.79. The molecule has 2 saturated carbocycles. The Labute approximate surface area is 178 Å². The lowest BCUT2D eigenvalue weighted by molar-refractivity contribution is -0.140. The highest BCUT2D eigenvalue weighted by molar-refractivity contribution is 7.89. The van der Waals surface area contributed by atoms with E-state index >= 15 is 0 Å². The Morgan fingerprint density at radius 2 is 1.57 bits per heavy atom. The Hall–Kier alpha value is -1.93. The molecular weight excluding hydrogens is 404 g/mol. The van der Waals surface area contributed by atoms with Crippen LogP contribution >= 0.6 is 0 Å². The normalized spacial score (nSPS) is 25.4. The van der Waals surface area contributed by atoms with Crippen molar-refractivity contribution in [1.82, 2.24) is 9.62 Å². The largest absolute Gasteiger partial charge is 0.495 e. The lowest BCUT2D eigenvalue weighted by atomic mass is 9.81. The number of sulfonamides is 1. The first-order valence-electron chi connectivity index (χ1n) is 10.9. The highest BCUT2D eigenvalue weighted by Crippen LogP contribution is 2.39. The molecule has 1 aromatic rings. The third kappa shape index (κ3) is 4.12. The number of nitrogens with zero attached hydrogens (tertiary/aromatic N) is 1. The van der Waals surface area contributed by atoms with Gasteiger partial charge in [0, 0.05) is 6.04 Å². The molecule has 1 aliphatic heterocycles. The zero-order valence-corrected chi connectivity index (χ0v) is 18.2. The third-order valence-corrected chi connectivity index (χ3v) is 8.26. The maximum atomic E-state index is 13.1. The number of rotatable bonds is 6. The number of hydrogen-bond acceptors (Lipinski definition) is 5. The van der Waals surface area contributed by atoms with E-state index in [0.29, 0.717) is 5.56 Å². The van der Waals surface area contributed by atoms with Crippen molar-refractivity contribution in [3.05, 3.63) is 23.8 Å². The zero-order chi connectivity index (χ0) is 21.3. The molecule has 3 aliphatic rings. The van der Waals surface area contributed by atoms with Crippen LogP contribution in [-0.2, 0) is 26.2 Å². The molecule has 1 heterocycles. The van der Waals surface area contributed by atoms with Crippen LogP contribution in [0.3, 0.4) is 0 Å². The van der Waals surface area contributed by atoms with Gasteiger partial charge in [-0.2, -0.15) is 0 Å². The Balaban J connectivity index is 1.56. The fourth-order valence-electron chi connectivity index (χ4n) is 5.10. The van der Waals surface area contributed by atoms with Crippen molar-refractivity contribution in [1.29, 1.82) is 0 Å². The maximum absolute atomic E-state index is 13.1. The molecule has 30 heavy (non-hydrogen) atoms. The lowest BCUT2D eigenvalue weighted by Crippen LogP contribution is -2.36. The van der Waals surface area contributed by atoms with Gasteiger partial charge in [-0.05, 0) is 43.4 Å². The molecule has 1 saturated heterocycles. The molecule has 164 valence electrons. The summed E-state index contributed by atoms with van der Waals surface area (Å²) in [5.41, 5.74) is 0.611. The number of benzene rings is 1. The molecule has 0 spiro atoms. The van der Waals surface area contributed by atoms with Gasteiger partial charge in [-0.3, -0.25) is 14.5 Å². The number of nitrogens with one attached hydrogen (secondary N) is 1. The summed E-state index contributed by atoms with van der Waals surface area (Å²) in [5, 5.41) is 0. The second-order valence-corrected chi connectivity index (χ2v) is 10.4. The first-order valence-corrected chi connectivity index (χ1v) is 12.4. The maximum Gasteiger partial charge on any atom is 0.244 e. The van der Waals surface area contributed by atoms with Crippen LogP contribution in [0, 0.1) is 11.8 Å². The number of fused-ring (bicyclic) bond motifs is 1. The van der Waals surface area contributed by atoms with E-state index in [1.807, 2.05) is 0 Å². The molecule has 0 radical (unpaired) electrons. The van der Waals surface area contributed by atoms with Crippen molar-refractivity contribution in [2.24, 2.45) is 11.8 Å². The molecule has 1 aromatic carbocycles. The molecule has 3 fully saturated rings. The van der Waals surface area contributed by atoms with E-state index in [4.69, 9.17) is 4.74 Å². The molecule has 1 N–H and O–H groups in total. The van der Waals surface area contributed by atoms with Crippen molar-refractivity contribution in [3.8, 4) is 5.75 Å². The van der Waals surface area contributed by atoms with E-state index in [-0.39, 0.29) is 46.9 Å². The molecule has 2 atom stereocenters. The second kappa shape index (κ2) is 8.67. The van der Waals surface area contributed by atoms with Gasteiger partial charge in [0.1, 0.15) is 10.6 Å². The van der Waals surface area contributed by atoms with Crippen molar-refractivity contribution in [2.45, 2.75) is 75.3 Å². The molecule has 0 bridgehead atoms. The van der Waals surface area contributed by atoms with Gasteiger partial charge >= 0.3 is 0 Å². The van der Waals surface area contributed by atoms with Crippen LogP contribution < -0.4 is 9.46 Å². The van der Waals surface area contributed by atoms with E-state index < -0.39 is 10.0 Å². The van der Waals surface area contributed by atoms with Crippen LogP contribution in [0.5, 0.6) is 5.75 Å². The topological polar surface area (TPSA) is 92.8 Å². The molecule has 2 amide bonds. The smallest absolute Gasteiger partial charge is 0.244 e. The third-order valence-electron chi connectivity index (χ3n) is 6.72. The van der Waals surface area contributed by atoms with Crippen molar-refractivity contribution < 1.29 is 22.7 Å². The molecule has 2 aliphatic carbocycles. The van der Waals surface area contributed by atoms with E-state index in [2.05, 4.69) is 4.72 Å². The minimum atomic E-state index is -3.77. The number of amides is 2. The van der Waals surface area contributed by atoms with Gasteiger partial charge in [0.2, 0.25) is 21.8 Å². The monoisotopic (exact) mass is 434 g/mol. The Morgan fingerprint density at radius 1 is 0.967 bits per heavy atom. The van der Waals surface area contributed by atoms with E-state index in [1.54, 1.807) is 12.1 Å². The van der Waals surface area contributed by atoms with Crippen LogP contribution in [0.2, 0.25) is 0 Å². The van der Waals surface area contributed by atoms with Crippen molar-refractivity contribution in [3.63, 3.8) is 0 Å². The summed E-state index contributed by atoms with van der Waals surface area (Å²) in [4.78, 5) is 26.9. The quantitative estimate of drug-likeness (QED) is 0.695. The average molecular weight is 435 g/mol.